The fourth-order valence-electron chi connectivity index (χ4n) is 2.45. The van der Waals surface area contributed by atoms with Gasteiger partial charge in [-0.3, -0.25) is 0 Å². The van der Waals surface area contributed by atoms with Gasteiger partial charge in [0.2, 0.25) is 5.76 Å². The topological polar surface area (TPSA) is 36.9 Å². The van der Waals surface area contributed by atoms with E-state index in [-0.39, 0.29) is 0 Å². The lowest BCUT2D eigenvalue weighted by molar-refractivity contribution is 0.594. The molecule has 0 amide bonds. The number of hydrogen-bond donors (Lipinski definition) is 0. The van der Waals surface area contributed by atoms with Crippen molar-refractivity contribution in [2.75, 3.05) is 0 Å². The van der Waals surface area contributed by atoms with Gasteiger partial charge in [-0.1, -0.05) is 48.9 Å². The Bertz CT molecular complexity index is 812. The van der Waals surface area contributed by atoms with Crippen molar-refractivity contribution < 1.29 is 4.42 Å². The molecule has 2 aromatic carbocycles. The maximum absolute atomic E-state index is 9.14. The molecule has 0 aliphatic carbocycles. The molecule has 0 fully saturated rings. The summed E-state index contributed by atoms with van der Waals surface area (Å²) in [5, 5.41) is 10.6. The van der Waals surface area contributed by atoms with E-state index in [1.807, 2.05) is 49.4 Å². The molecule has 0 bridgehead atoms. The number of furan rings is 1. The maximum atomic E-state index is 9.14. The van der Waals surface area contributed by atoms with Crippen molar-refractivity contribution in [1.82, 2.24) is 0 Å². The van der Waals surface area contributed by atoms with Crippen LogP contribution in [0.25, 0.3) is 22.1 Å². The van der Waals surface area contributed by atoms with Crippen LogP contribution in [-0.2, 0) is 6.42 Å². The molecule has 1 aromatic heterocycles. The highest BCUT2D eigenvalue weighted by Crippen LogP contribution is 2.35. The number of fused-ring (bicyclic) bond motifs is 1. The van der Waals surface area contributed by atoms with Crippen LogP contribution < -0.4 is 0 Å². The summed E-state index contributed by atoms with van der Waals surface area (Å²) < 4.78 is 5.57. The summed E-state index contributed by atoms with van der Waals surface area (Å²) in [6.45, 7) is 2.01. The Kier molecular flexibility index (Phi) is 3.22. The Morgan fingerprint density at radius 1 is 1.15 bits per heavy atom. The summed E-state index contributed by atoms with van der Waals surface area (Å²) in [6, 6.07) is 16.0. The van der Waals surface area contributed by atoms with Crippen LogP contribution >= 0.6 is 11.6 Å². The zero-order chi connectivity index (χ0) is 14.1. The molecule has 1 heterocycles. The number of nitrogens with zero attached hydrogens (tertiary/aromatic N) is 1. The van der Waals surface area contributed by atoms with Crippen LogP contribution in [0.3, 0.4) is 0 Å². The molecule has 0 radical (unpaired) electrons. The normalized spacial score (nSPS) is 10.7. The van der Waals surface area contributed by atoms with Gasteiger partial charge in [0.1, 0.15) is 6.07 Å². The highest BCUT2D eigenvalue weighted by atomic mass is 35.5. The Morgan fingerprint density at radius 3 is 2.55 bits per heavy atom. The molecule has 3 aromatic rings. The lowest BCUT2D eigenvalue weighted by Crippen LogP contribution is -1.83. The second kappa shape index (κ2) is 5.03. The van der Waals surface area contributed by atoms with Crippen molar-refractivity contribution in [3.8, 4) is 17.2 Å². The molecular weight excluding hydrogens is 270 g/mol. The zero-order valence-electron chi connectivity index (χ0n) is 11.0. The summed E-state index contributed by atoms with van der Waals surface area (Å²) in [5.74, 6) is 0.356. The third-order valence-electron chi connectivity index (χ3n) is 3.41. The lowest BCUT2D eigenvalue weighted by Gasteiger charge is -2.03. The third kappa shape index (κ3) is 1.97. The van der Waals surface area contributed by atoms with Gasteiger partial charge in [0, 0.05) is 10.9 Å². The zero-order valence-corrected chi connectivity index (χ0v) is 11.7. The van der Waals surface area contributed by atoms with Gasteiger partial charge in [-0.15, -0.1) is 0 Å². The van der Waals surface area contributed by atoms with Crippen LogP contribution in [0, 0.1) is 11.3 Å². The molecule has 0 spiro atoms. The van der Waals surface area contributed by atoms with Gasteiger partial charge in [0.25, 0.3) is 0 Å². The number of nitriles is 1. The molecule has 0 aliphatic heterocycles. The highest BCUT2D eigenvalue weighted by Gasteiger charge is 2.16. The first kappa shape index (κ1) is 12.8. The van der Waals surface area contributed by atoms with E-state index in [9.17, 15) is 0 Å². The van der Waals surface area contributed by atoms with E-state index < -0.39 is 0 Å². The molecule has 0 unspecified atom stereocenters. The highest BCUT2D eigenvalue weighted by molar-refractivity contribution is 6.35. The van der Waals surface area contributed by atoms with Gasteiger partial charge in [0.05, 0.1) is 5.02 Å². The van der Waals surface area contributed by atoms with Crippen molar-refractivity contribution in [3.63, 3.8) is 0 Å². The smallest absolute Gasteiger partial charge is 0.208 e. The first-order valence-electron chi connectivity index (χ1n) is 6.45. The molecule has 0 aliphatic rings. The molecule has 0 N–H and O–H groups in total. The molecule has 98 valence electrons. The summed E-state index contributed by atoms with van der Waals surface area (Å²) >= 11 is 6.31. The van der Waals surface area contributed by atoms with Gasteiger partial charge < -0.3 is 4.42 Å². The van der Waals surface area contributed by atoms with Crippen LogP contribution in [0.1, 0.15) is 18.2 Å². The molecule has 2 nitrogen and oxygen atoms in total. The summed E-state index contributed by atoms with van der Waals surface area (Å²) in [5.41, 5.74) is 3.64. The fourth-order valence-corrected chi connectivity index (χ4v) is 2.70. The van der Waals surface area contributed by atoms with Gasteiger partial charge >= 0.3 is 0 Å². The fraction of sp³-hybridized carbons (Fsp3) is 0.118. The van der Waals surface area contributed by atoms with Crippen LogP contribution in [0.4, 0.5) is 0 Å². The van der Waals surface area contributed by atoms with E-state index in [0.29, 0.717) is 16.4 Å². The number of aryl methyl sites for hydroxylation is 1. The molecule has 0 saturated carbocycles. The van der Waals surface area contributed by atoms with Gasteiger partial charge in [-0.05, 0) is 29.7 Å². The van der Waals surface area contributed by atoms with Crippen LogP contribution in [-0.4, -0.2) is 0 Å². The Morgan fingerprint density at radius 2 is 1.90 bits per heavy atom. The van der Waals surface area contributed by atoms with E-state index in [1.54, 1.807) is 0 Å². The average molecular weight is 282 g/mol. The molecule has 20 heavy (non-hydrogen) atoms. The lowest BCUT2D eigenvalue weighted by atomic mass is 10.0. The summed E-state index contributed by atoms with van der Waals surface area (Å²) in [4.78, 5) is 0. The minimum Gasteiger partial charge on any atom is -0.444 e. The number of halogens is 1. The quantitative estimate of drug-likeness (QED) is 0.648. The minimum atomic E-state index is 0.356. The monoisotopic (exact) mass is 281 g/mol. The van der Waals surface area contributed by atoms with Crippen molar-refractivity contribution in [1.29, 1.82) is 5.26 Å². The molecule has 3 heteroatoms. The number of hydrogen-bond acceptors (Lipinski definition) is 2. The van der Waals surface area contributed by atoms with E-state index in [2.05, 4.69) is 6.07 Å². The first-order chi connectivity index (χ1) is 9.74. The number of benzene rings is 2. The average Bonchev–Trinajstić information content (AvgIpc) is 2.86. The maximum Gasteiger partial charge on any atom is 0.208 e. The van der Waals surface area contributed by atoms with Crippen LogP contribution in [0.5, 0.6) is 0 Å². The Balaban J connectivity index is 2.31. The predicted octanol–water partition coefficient (Wildman–Crippen LogP) is 5.19. The van der Waals surface area contributed by atoms with Gasteiger partial charge in [-0.2, -0.15) is 5.26 Å². The van der Waals surface area contributed by atoms with Crippen molar-refractivity contribution in [2.45, 2.75) is 13.3 Å². The minimum absolute atomic E-state index is 0.356. The van der Waals surface area contributed by atoms with Crippen LogP contribution in [0.15, 0.2) is 46.9 Å². The van der Waals surface area contributed by atoms with Gasteiger partial charge in [0.15, 0.2) is 5.58 Å². The molecule has 3 rings (SSSR count). The van der Waals surface area contributed by atoms with E-state index in [1.165, 1.54) is 0 Å². The number of rotatable bonds is 2. The first-order valence-corrected chi connectivity index (χ1v) is 6.82. The second-order valence-corrected chi connectivity index (χ2v) is 4.98. The Labute approximate surface area is 122 Å². The molecular formula is C17H12ClNO. The second-order valence-electron chi connectivity index (χ2n) is 4.58. The van der Waals surface area contributed by atoms with E-state index in [0.717, 1.165) is 28.5 Å². The third-order valence-corrected chi connectivity index (χ3v) is 3.69. The molecule has 0 saturated heterocycles. The summed E-state index contributed by atoms with van der Waals surface area (Å²) in [6.07, 6.45) is 0.741. The van der Waals surface area contributed by atoms with Crippen molar-refractivity contribution in [2.24, 2.45) is 0 Å². The standard InChI is InChI=1S/C17H12ClNO/c1-2-13-14-8-12(11-6-4-3-5-7-11)9-15(18)17(14)20-16(13)10-19/h3-9H,2H2,1H3. The Hall–Kier alpha value is -2.24. The van der Waals surface area contributed by atoms with E-state index in [4.69, 9.17) is 21.3 Å². The largest absolute Gasteiger partial charge is 0.444 e. The van der Waals surface area contributed by atoms with Crippen molar-refractivity contribution in [3.05, 3.63) is 58.8 Å². The van der Waals surface area contributed by atoms with Crippen LogP contribution in [0.2, 0.25) is 5.02 Å². The predicted molar refractivity (Wildman–Crippen MR) is 80.8 cm³/mol. The SMILES string of the molecule is CCc1c(C#N)oc2c(Cl)cc(-c3ccccc3)cc12. The van der Waals surface area contributed by atoms with E-state index >= 15 is 0 Å². The summed E-state index contributed by atoms with van der Waals surface area (Å²) in [7, 11) is 0. The van der Waals surface area contributed by atoms with Crippen molar-refractivity contribution >= 4 is 22.6 Å². The van der Waals surface area contributed by atoms with Gasteiger partial charge in [-0.25, -0.2) is 0 Å². The molecule has 0 atom stereocenters.